The summed E-state index contributed by atoms with van der Waals surface area (Å²) < 4.78 is 2.50. The van der Waals surface area contributed by atoms with Crippen LogP contribution in [0.25, 0.3) is 0 Å². The summed E-state index contributed by atoms with van der Waals surface area (Å²) in [7, 11) is 1.77. The molecule has 7 heteroatoms. The fourth-order valence-corrected chi connectivity index (χ4v) is 2.21. The second-order valence-electron chi connectivity index (χ2n) is 4.49. The van der Waals surface area contributed by atoms with Gasteiger partial charge in [-0.1, -0.05) is 33.3 Å². The van der Waals surface area contributed by atoms with Gasteiger partial charge >= 0.3 is 0 Å². The molecule has 1 aromatic heterocycles. The van der Waals surface area contributed by atoms with E-state index >= 15 is 0 Å². The number of halogens is 1. The first-order valence-corrected chi connectivity index (χ1v) is 6.95. The Kier molecular flexibility index (Phi) is 4.86. The summed E-state index contributed by atoms with van der Waals surface area (Å²) in [5.41, 5.74) is 7.19. The van der Waals surface area contributed by atoms with Crippen LogP contribution in [-0.2, 0) is 24.4 Å². The number of benzene rings is 1. The van der Waals surface area contributed by atoms with Gasteiger partial charge in [0.05, 0.1) is 11.9 Å². The first-order chi connectivity index (χ1) is 9.58. The average Bonchev–Trinajstić information content (AvgIpc) is 2.86. The number of rotatable bonds is 5. The van der Waals surface area contributed by atoms with Crippen LogP contribution in [0.1, 0.15) is 11.3 Å². The first kappa shape index (κ1) is 14.7. The van der Waals surface area contributed by atoms with Crippen molar-refractivity contribution in [1.82, 2.24) is 19.9 Å². The van der Waals surface area contributed by atoms with Gasteiger partial charge in [-0.2, -0.15) is 0 Å². The smallest absolute Gasteiger partial charge is 0.244 e. The SMILES string of the molecule is CN(Cc1cccc(Br)c1)C(=O)Cn1cc(CN)nn1. The number of aromatic nitrogens is 3. The molecule has 2 aromatic rings. The third-order valence-electron chi connectivity index (χ3n) is 2.83. The third kappa shape index (κ3) is 3.88. The van der Waals surface area contributed by atoms with Crippen LogP contribution in [0.4, 0.5) is 0 Å². The van der Waals surface area contributed by atoms with Crippen LogP contribution in [0, 0.1) is 0 Å². The van der Waals surface area contributed by atoms with Crippen LogP contribution in [0.15, 0.2) is 34.9 Å². The molecule has 1 heterocycles. The molecule has 0 bridgehead atoms. The lowest BCUT2D eigenvalue weighted by Crippen LogP contribution is -2.30. The van der Waals surface area contributed by atoms with Gasteiger partial charge in [-0.15, -0.1) is 5.10 Å². The molecule has 1 amide bonds. The lowest BCUT2D eigenvalue weighted by atomic mass is 10.2. The van der Waals surface area contributed by atoms with Gasteiger partial charge in [-0.25, -0.2) is 4.68 Å². The Morgan fingerprint density at radius 3 is 2.95 bits per heavy atom. The minimum absolute atomic E-state index is 0.0292. The Bertz CT molecular complexity index is 598. The second kappa shape index (κ2) is 6.62. The summed E-state index contributed by atoms with van der Waals surface area (Å²) in [6, 6.07) is 7.88. The monoisotopic (exact) mass is 337 g/mol. The molecule has 106 valence electrons. The standard InChI is InChI=1S/C13H16BrN5O/c1-18(7-10-3-2-4-11(14)5-10)13(20)9-19-8-12(6-15)16-17-19/h2-5,8H,6-7,9,15H2,1H3. The fourth-order valence-electron chi connectivity index (χ4n) is 1.77. The maximum Gasteiger partial charge on any atom is 0.244 e. The van der Waals surface area contributed by atoms with Gasteiger partial charge in [0.15, 0.2) is 0 Å². The van der Waals surface area contributed by atoms with Crippen molar-refractivity contribution in [2.45, 2.75) is 19.6 Å². The molecule has 0 unspecified atom stereocenters. The number of likely N-dealkylation sites (N-methyl/N-ethyl adjacent to an activating group) is 1. The Hall–Kier alpha value is -1.73. The molecule has 0 saturated heterocycles. The van der Waals surface area contributed by atoms with Crippen LogP contribution < -0.4 is 5.73 Å². The summed E-state index contributed by atoms with van der Waals surface area (Å²) in [6.45, 7) is 1.04. The molecule has 0 fully saturated rings. The predicted molar refractivity (Wildman–Crippen MR) is 78.5 cm³/mol. The Morgan fingerprint density at radius 2 is 2.30 bits per heavy atom. The van der Waals surface area contributed by atoms with Crippen molar-refractivity contribution in [3.05, 3.63) is 46.2 Å². The summed E-state index contributed by atoms with van der Waals surface area (Å²) in [5, 5.41) is 7.72. The highest BCUT2D eigenvalue weighted by Crippen LogP contribution is 2.13. The van der Waals surface area contributed by atoms with Gasteiger partial charge in [-0.3, -0.25) is 4.79 Å². The highest BCUT2D eigenvalue weighted by Gasteiger charge is 2.11. The molecule has 0 aliphatic heterocycles. The molecule has 0 atom stereocenters. The molecule has 0 radical (unpaired) electrons. The number of nitrogens with two attached hydrogens (primary N) is 1. The molecule has 2 rings (SSSR count). The first-order valence-electron chi connectivity index (χ1n) is 6.16. The van der Waals surface area contributed by atoms with Gasteiger partial charge in [0, 0.05) is 24.6 Å². The summed E-state index contributed by atoms with van der Waals surface area (Å²) >= 11 is 3.42. The number of carbonyl (C=O) groups excluding carboxylic acids is 1. The molecule has 20 heavy (non-hydrogen) atoms. The second-order valence-corrected chi connectivity index (χ2v) is 5.41. The number of nitrogens with zero attached hydrogens (tertiary/aromatic N) is 4. The Labute approximate surface area is 125 Å². The highest BCUT2D eigenvalue weighted by molar-refractivity contribution is 9.10. The van der Waals surface area contributed by atoms with Gasteiger partial charge in [0.25, 0.3) is 0 Å². The van der Waals surface area contributed by atoms with Crippen molar-refractivity contribution in [2.75, 3.05) is 7.05 Å². The average molecular weight is 338 g/mol. The molecule has 6 nitrogen and oxygen atoms in total. The molecule has 0 aliphatic carbocycles. The minimum Gasteiger partial charge on any atom is -0.340 e. The van der Waals surface area contributed by atoms with Gasteiger partial charge in [0.2, 0.25) is 5.91 Å². The van der Waals surface area contributed by atoms with Crippen molar-refractivity contribution >= 4 is 21.8 Å². The topological polar surface area (TPSA) is 77.0 Å². The van der Waals surface area contributed by atoms with E-state index in [1.807, 2.05) is 24.3 Å². The number of hydrogen-bond acceptors (Lipinski definition) is 4. The molecule has 0 spiro atoms. The lowest BCUT2D eigenvalue weighted by molar-refractivity contribution is -0.131. The van der Waals surface area contributed by atoms with Gasteiger partial charge < -0.3 is 10.6 Å². The van der Waals surface area contributed by atoms with E-state index in [1.165, 1.54) is 4.68 Å². The van der Waals surface area contributed by atoms with Crippen LogP contribution >= 0.6 is 15.9 Å². The normalized spacial score (nSPS) is 10.6. The summed E-state index contributed by atoms with van der Waals surface area (Å²) in [6.07, 6.45) is 1.69. The number of carbonyl (C=O) groups is 1. The van der Waals surface area contributed by atoms with Crippen LogP contribution in [-0.4, -0.2) is 32.8 Å². The fraction of sp³-hybridized carbons (Fsp3) is 0.308. The zero-order chi connectivity index (χ0) is 14.5. The van der Waals surface area contributed by atoms with Crippen LogP contribution in [0.3, 0.4) is 0 Å². The van der Waals surface area contributed by atoms with E-state index in [0.29, 0.717) is 18.8 Å². The molecule has 2 N–H and O–H groups in total. The van der Waals surface area contributed by atoms with Crippen molar-refractivity contribution in [1.29, 1.82) is 0 Å². The van der Waals surface area contributed by atoms with E-state index in [1.54, 1.807) is 18.1 Å². The van der Waals surface area contributed by atoms with Crippen LogP contribution in [0.2, 0.25) is 0 Å². The van der Waals surface area contributed by atoms with Crippen LogP contribution in [0.5, 0.6) is 0 Å². The predicted octanol–water partition coefficient (Wildman–Crippen LogP) is 1.16. The number of amides is 1. The van der Waals surface area contributed by atoms with Gasteiger partial charge in [0.1, 0.15) is 6.54 Å². The van der Waals surface area contributed by atoms with E-state index in [-0.39, 0.29) is 12.5 Å². The highest BCUT2D eigenvalue weighted by atomic mass is 79.9. The van der Waals surface area contributed by atoms with Crippen molar-refractivity contribution in [3.8, 4) is 0 Å². The van der Waals surface area contributed by atoms with E-state index < -0.39 is 0 Å². The molecule has 1 aromatic carbocycles. The van der Waals surface area contributed by atoms with Gasteiger partial charge in [-0.05, 0) is 17.7 Å². The summed E-state index contributed by atoms with van der Waals surface area (Å²) in [5.74, 6) is -0.0292. The van der Waals surface area contributed by atoms with E-state index in [9.17, 15) is 4.79 Å². The molecular weight excluding hydrogens is 322 g/mol. The maximum atomic E-state index is 12.1. The third-order valence-corrected chi connectivity index (χ3v) is 3.32. The van der Waals surface area contributed by atoms with E-state index in [4.69, 9.17) is 5.73 Å². The zero-order valence-electron chi connectivity index (χ0n) is 11.2. The Morgan fingerprint density at radius 1 is 1.50 bits per heavy atom. The van der Waals surface area contributed by atoms with E-state index in [0.717, 1.165) is 10.0 Å². The van der Waals surface area contributed by atoms with Crippen molar-refractivity contribution in [2.24, 2.45) is 5.73 Å². The number of hydrogen-bond donors (Lipinski definition) is 1. The molecule has 0 aliphatic rings. The lowest BCUT2D eigenvalue weighted by Gasteiger charge is -2.17. The summed E-state index contributed by atoms with van der Waals surface area (Å²) in [4.78, 5) is 13.8. The molecule has 0 saturated carbocycles. The van der Waals surface area contributed by atoms with Crippen molar-refractivity contribution < 1.29 is 4.79 Å². The molecular formula is C13H16BrN5O. The van der Waals surface area contributed by atoms with E-state index in [2.05, 4.69) is 26.2 Å². The Balaban J connectivity index is 1.95. The van der Waals surface area contributed by atoms with Crippen molar-refractivity contribution in [3.63, 3.8) is 0 Å². The minimum atomic E-state index is -0.0292. The zero-order valence-corrected chi connectivity index (χ0v) is 12.7. The largest absolute Gasteiger partial charge is 0.340 e. The maximum absolute atomic E-state index is 12.1. The quantitative estimate of drug-likeness (QED) is 0.888.